The lowest BCUT2D eigenvalue weighted by atomic mass is 10.3. The number of piperazine rings is 1. The summed E-state index contributed by atoms with van der Waals surface area (Å²) in [6.07, 6.45) is 3.62. The predicted molar refractivity (Wildman–Crippen MR) is 74.2 cm³/mol. The van der Waals surface area contributed by atoms with Crippen LogP contribution in [0.5, 0.6) is 0 Å². The van der Waals surface area contributed by atoms with Crippen LogP contribution in [0.1, 0.15) is 5.69 Å². The van der Waals surface area contributed by atoms with Crippen LogP contribution in [0, 0.1) is 6.92 Å². The van der Waals surface area contributed by atoms with Crippen molar-refractivity contribution >= 4 is 17.7 Å². The minimum Gasteiger partial charge on any atom is -0.368 e. The Morgan fingerprint density at radius 1 is 1.16 bits per heavy atom. The van der Waals surface area contributed by atoms with Gasteiger partial charge in [-0.2, -0.15) is 4.98 Å². The monoisotopic (exact) mass is 259 g/mol. The second-order valence-electron chi connectivity index (χ2n) is 4.61. The first-order valence-corrected chi connectivity index (χ1v) is 6.33. The summed E-state index contributed by atoms with van der Waals surface area (Å²) in [7, 11) is 0. The Hall–Kier alpha value is -2.31. The Kier molecular flexibility index (Phi) is 2.94. The number of aromatic amines is 1. The molecule has 1 fully saturated rings. The summed E-state index contributed by atoms with van der Waals surface area (Å²) >= 11 is 0. The zero-order valence-corrected chi connectivity index (χ0v) is 10.9. The molecule has 2 aromatic heterocycles. The standard InChI is InChI=1S/C12H17N7/c1-9-8-10(17-11(13)16-9)18-4-6-19(7-5-18)12-14-2-3-15-12/h2-3,8H,4-7H2,1H3,(H,14,15)(H2,13,16,17). The molecular weight excluding hydrogens is 242 g/mol. The van der Waals surface area contributed by atoms with Crippen molar-refractivity contribution in [2.24, 2.45) is 0 Å². The van der Waals surface area contributed by atoms with Gasteiger partial charge in [0, 0.05) is 50.3 Å². The van der Waals surface area contributed by atoms with Gasteiger partial charge < -0.3 is 20.5 Å². The molecule has 0 atom stereocenters. The average Bonchev–Trinajstić information content (AvgIpc) is 2.91. The molecule has 1 saturated heterocycles. The predicted octanol–water partition coefficient (Wildman–Crippen LogP) is 0.417. The van der Waals surface area contributed by atoms with Crippen molar-refractivity contribution in [2.75, 3.05) is 41.7 Å². The maximum absolute atomic E-state index is 5.70. The largest absolute Gasteiger partial charge is 0.368 e. The molecular formula is C12H17N7. The van der Waals surface area contributed by atoms with E-state index in [-0.39, 0.29) is 0 Å². The fraction of sp³-hybridized carbons (Fsp3) is 0.417. The first-order valence-electron chi connectivity index (χ1n) is 6.33. The summed E-state index contributed by atoms with van der Waals surface area (Å²) in [5, 5.41) is 0. The highest BCUT2D eigenvalue weighted by Gasteiger charge is 2.19. The number of aromatic nitrogens is 4. The molecule has 100 valence electrons. The van der Waals surface area contributed by atoms with Crippen LogP contribution in [0.4, 0.5) is 17.7 Å². The van der Waals surface area contributed by atoms with Crippen LogP contribution in [-0.2, 0) is 0 Å². The smallest absolute Gasteiger partial charge is 0.222 e. The van der Waals surface area contributed by atoms with Gasteiger partial charge in [0.25, 0.3) is 0 Å². The van der Waals surface area contributed by atoms with E-state index in [2.05, 4.69) is 29.7 Å². The molecule has 0 aromatic carbocycles. The number of rotatable bonds is 2. The molecule has 2 aromatic rings. The average molecular weight is 259 g/mol. The maximum atomic E-state index is 5.70. The molecule has 7 heteroatoms. The molecule has 0 bridgehead atoms. The van der Waals surface area contributed by atoms with E-state index >= 15 is 0 Å². The summed E-state index contributed by atoms with van der Waals surface area (Å²) < 4.78 is 0. The number of imidazole rings is 1. The Bertz CT molecular complexity index is 523. The molecule has 3 N–H and O–H groups in total. The Labute approximate surface area is 111 Å². The van der Waals surface area contributed by atoms with Crippen molar-refractivity contribution in [1.29, 1.82) is 0 Å². The summed E-state index contributed by atoms with van der Waals surface area (Å²) in [4.78, 5) is 20.3. The lowest BCUT2D eigenvalue weighted by molar-refractivity contribution is 0.636. The van der Waals surface area contributed by atoms with Crippen LogP contribution >= 0.6 is 0 Å². The summed E-state index contributed by atoms with van der Waals surface area (Å²) in [6, 6.07) is 1.97. The van der Waals surface area contributed by atoms with Gasteiger partial charge in [-0.25, -0.2) is 9.97 Å². The third kappa shape index (κ3) is 2.44. The molecule has 7 nitrogen and oxygen atoms in total. The van der Waals surface area contributed by atoms with Crippen LogP contribution in [0.15, 0.2) is 18.5 Å². The fourth-order valence-electron chi connectivity index (χ4n) is 2.31. The van der Waals surface area contributed by atoms with Crippen molar-refractivity contribution in [3.8, 4) is 0 Å². The molecule has 0 saturated carbocycles. The minimum absolute atomic E-state index is 0.337. The molecule has 0 amide bonds. The van der Waals surface area contributed by atoms with E-state index in [0.29, 0.717) is 5.95 Å². The second-order valence-corrected chi connectivity index (χ2v) is 4.61. The van der Waals surface area contributed by atoms with Gasteiger partial charge in [-0.1, -0.05) is 0 Å². The Morgan fingerprint density at radius 3 is 2.53 bits per heavy atom. The van der Waals surface area contributed by atoms with E-state index in [9.17, 15) is 0 Å². The number of H-pyrrole nitrogens is 1. The molecule has 1 aliphatic rings. The van der Waals surface area contributed by atoms with Crippen molar-refractivity contribution < 1.29 is 0 Å². The van der Waals surface area contributed by atoms with Crippen molar-refractivity contribution in [2.45, 2.75) is 6.92 Å². The quantitative estimate of drug-likeness (QED) is 0.812. The van der Waals surface area contributed by atoms with Gasteiger partial charge in [0.2, 0.25) is 11.9 Å². The molecule has 1 aliphatic heterocycles. The zero-order valence-electron chi connectivity index (χ0n) is 10.9. The second kappa shape index (κ2) is 4.75. The molecule has 0 radical (unpaired) electrons. The molecule has 3 heterocycles. The van der Waals surface area contributed by atoms with Gasteiger partial charge in [0.1, 0.15) is 5.82 Å². The highest BCUT2D eigenvalue weighted by Crippen LogP contribution is 2.17. The van der Waals surface area contributed by atoms with Crippen LogP contribution < -0.4 is 15.5 Å². The van der Waals surface area contributed by atoms with Crippen LogP contribution in [-0.4, -0.2) is 46.1 Å². The number of nitrogens with two attached hydrogens (primary N) is 1. The number of hydrogen-bond acceptors (Lipinski definition) is 6. The maximum Gasteiger partial charge on any atom is 0.222 e. The van der Waals surface area contributed by atoms with Crippen LogP contribution in [0.2, 0.25) is 0 Å². The van der Waals surface area contributed by atoms with E-state index in [4.69, 9.17) is 5.73 Å². The fourth-order valence-corrected chi connectivity index (χ4v) is 2.31. The van der Waals surface area contributed by atoms with E-state index in [1.807, 2.05) is 19.2 Å². The molecule has 0 unspecified atom stereocenters. The normalized spacial score (nSPS) is 15.8. The van der Waals surface area contributed by atoms with E-state index in [0.717, 1.165) is 43.6 Å². The van der Waals surface area contributed by atoms with Gasteiger partial charge in [0.15, 0.2) is 0 Å². The van der Waals surface area contributed by atoms with Crippen LogP contribution in [0.25, 0.3) is 0 Å². The third-order valence-corrected chi connectivity index (χ3v) is 3.24. The van der Waals surface area contributed by atoms with Gasteiger partial charge in [-0.3, -0.25) is 0 Å². The highest BCUT2D eigenvalue weighted by atomic mass is 15.3. The first-order chi connectivity index (χ1) is 9.22. The minimum atomic E-state index is 0.337. The molecule has 0 aliphatic carbocycles. The molecule has 19 heavy (non-hydrogen) atoms. The number of aryl methyl sites for hydroxylation is 1. The van der Waals surface area contributed by atoms with E-state index < -0.39 is 0 Å². The molecule has 3 rings (SSSR count). The van der Waals surface area contributed by atoms with Gasteiger partial charge in [-0.05, 0) is 6.92 Å². The van der Waals surface area contributed by atoms with Crippen LogP contribution in [0.3, 0.4) is 0 Å². The van der Waals surface area contributed by atoms with Crippen molar-refractivity contribution in [3.05, 3.63) is 24.2 Å². The third-order valence-electron chi connectivity index (χ3n) is 3.24. The number of nitrogens with zero attached hydrogens (tertiary/aromatic N) is 5. The SMILES string of the molecule is Cc1cc(N2CCN(c3ncc[nH]3)CC2)nc(N)n1. The zero-order chi connectivity index (χ0) is 13.2. The topological polar surface area (TPSA) is 87.0 Å². The van der Waals surface area contributed by atoms with Crippen molar-refractivity contribution in [1.82, 2.24) is 19.9 Å². The number of nitrogen functional groups attached to an aromatic ring is 1. The van der Waals surface area contributed by atoms with Gasteiger partial charge in [0.05, 0.1) is 0 Å². The molecule has 0 spiro atoms. The first kappa shape index (κ1) is 11.8. The van der Waals surface area contributed by atoms with Crippen molar-refractivity contribution in [3.63, 3.8) is 0 Å². The lowest BCUT2D eigenvalue weighted by Gasteiger charge is -2.35. The summed E-state index contributed by atoms with van der Waals surface area (Å²) in [5.41, 5.74) is 6.60. The Morgan fingerprint density at radius 2 is 1.89 bits per heavy atom. The van der Waals surface area contributed by atoms with Gasteiger partial charge >= 0.3 is 0 Å². The number of anilines is 3. The highest BCUT2D eigenvalue weighted by molar-refractivity contribution is 5.45. The lowest BCUT2D eigenvalue weighted by Crippen LogP contribution is -2.47. The summed E-state index contributed by atoms with van der Waals surface area (Å²) in [6.45, 7) is 5.56. The number of hydrogen-bond donors (Lipinski definition) is 2. The number of nitrogens with one attached hydrogen (secondary N) is 1. The van der Waals surface area contributed by atoms with E-state index in [1.165, 1.54) is 0 Å². The Balaban J connectivity index is 1.70. The summed E-state index contributed by atoms with van der Waals surface area (Å²) in [5.74, 6) is 2.17. The van der Waals surface area contributed by atoms with E-state index in [1.54, 1.807) is 6.20 Å². The van der Waals surface area contributed by atoms with Gasteiger partial charge in [-0.15, -0.1) is 0 Å².